The van der Waals surface area contributed by atoms with Gasteiger partial charge in [-0.1, -0.05) is 35.4 Å². The summed E-state index contributed by atoms with van der Waals surface area (Å²) in [5.74, 6) is 2.41. The van der Waals surface area contributed by atoms with E-state index in [-0.39, 0.29) is 18.8 Å². The van der Waals surface area contributed by atoms with Crippen LogP contribution in [-0.4, -0.2) is 43.5 Å². The maximum Gasteiger partial charge on any atom is 0.474 e. The Bertz CT molecular complexity index is 343. The van der Waals surface area contributed by atoms with Crippen LogP contribution in [0.25, 0.3) is 0 Å². The molecule has 2 saturated heterocycles. The number of ether oxygens (including phenoxy) is 1. The second-order valence-electron chi connectivity index (χ2n) is 5.15. The van der Waals surface area contributed by atoms with Crippen molar-refractivity contribution in [3.05, 3.63) is 0 Å². The third-order valence-corrected chi connectivity index (χ3v) is 7.65. The van der Waals surface area contributed by atoms with Crippen LogP contribution >= 0.6 is 29.4 Å². The smallest absolute Gasteiger partial charge is 0.372 e. The Kier molecular flexibility index (Phi) is 6.73. The average Bonchev–Trinajstić information content (AvgIpc) is 2.73. The fraction of sp³-hybridized carbons (Fsp3) is 1.00. The first-order valence-electron chi connectivity index (χ1n) is 6.95. The average molecular weight is 342 g/mol. The highest BCUT2D eigenvalue weighted by Crippen LogP contribution is 2.51. The minimum atomic E-state index is -3.44. The molecule has 118 valence electrons. The van der Waals surface area contributed by atoms with Crippen molar-refractivity contribution in [1.82, 2.24) is 0 Å². The molecule has 0 N–H and O–H groups in total. The molecule has 0 amide bonds. The molecule has 0 saturated carbocycles. The summed E-state index contributed by atoms with van der Waals surface area (Å²) < 4.78 is 34.4. The molecule has 1 unspecified atom stereocenters. The van der Waals surface area contributed by atoms with Gasteiger partial charge in [-0.2, -0.15) is 0 Å². The number of hydrogen-bond acceptors (Lipinski definition) is 7. The highest BCUT2D eigenvalue weighted by atomic mass is 33.1. The molecule has 0 spiro atoms. The van der Waals surface area contributed by atoms with Crippen molar-refractivity contribution in [2.75, 3.05) is 31.3 Å². The first kappa shape index (κ1) is 17.1. The summed E-state index contributed by atoms with van der Waals surface area (Å²) >= 11 is 0. The van der Waals surface area contributed by atoms with Crippen LogP contribution in [0.4, 0.5) is 0 Å². The second-order valence-corrected chi connectivity index (χ2v) is 9.52. The molecule has 4 atom stereocenters. The van der Waals surface area contributed by atoms with E-state index in [4.69, 9.17) is 18.3 Å². The van der Waals surface area contributed by atoms with E-state index in [1.54, 1.807) is 21.6 Å². The Labute approximate surface area is 128 Å². The summed E-state index contributed by atoms with van der Waals surface area (Å²) in [6, 6.07) is 0. The molecule has 5 nitrogen and oxygen atoms in total. The molecule has 2 rings (SSSR count). The van der Waals surface area contributed by atoms with Crippen molar-refractivity contribution in [2.45, 2.75) is 33.0 Å². The first-order chi connectivity index (χ1) is 9.52. The van der Waals surface area contributed by atoms with E-state index in [2.05, 4.69) is 20.8 Å². The zero-order valence-electron chi connectivity index (χ0n) is 12.1. The van der Waals surface area contributed by atoms with Crippen LogP contribution in [0.2, 0.25) is 0 Å². The van der Waals surface area contributed by atoms with E-state index >= 15 is 0 Å². The molecule has 2 aliphatic heterocycles. The first-order valence-corrected chi connectivity index (χ1v) is 10.9. The molecule has 0 radical (unpaired) electrons. The van der Waals surface area contributed by atoms with E-state index in [1.165, 1.54) is 0 Å². The van der Waals surface area contributed by atoms with Gasteiger partial charge in [-0.05, 0) is 18.8 Å². The third-order valence-electron chi connectivity index (χ3n) is 3.86. The Morgan fingerprint density at radius 3 is 2.20 bits per heavy atom. The molecule has 2 heterocycles. The number of phosphoric ester groups is 1. The molecule has 0 aromatic heterocycles. The molecule has 2 aliphatic rings. The van der Waals surface area contributed by atoms with Gasteiger partial charge < -0.3 is 4.74 Å². The van der Waals surface area contributed by atoms with Crippen LogP contribution in [0.3, 0.4) is 0 Å². The standard InChI is InChI=1S/C12H23O5PS2/c1-9-10(2)12(17-11(9)3)8-16-18(13)14-4-6-19-20-7-5-15-18/h9-12H,4-8H2,1-3H3/t9?,10-,11+,12-/m1/s1. The fourth-order valence-electron chi connectivity index (χ4n) is 2.24. The van der Waals surface area contributed by atoms with Gasteiger partial charge >= 0.3 is 7.82 Å². The highest BCUT2D eigenvalue weighted by Gasteiger charge is 2.38. The normalized spacial score (nSPS) is 39.0. The molecular formula is C12H23O5PS2. The Hall–Kier alpha value is 0.770. The van der Waals surface area contributed by atoms with Gasteiger partial charge in [-0.3, -0.25) is 13.6 Å². The van der Waals surface area contributed by atoms with E-state index in [1.807, 2.05) is 0 Å². The maximum absolute atomic E-state index is 12.4. The minimum Gasteiger partial charge on any atom is -0.372 e. The van der Waals surface area contributed by atoms with Crippen LogP contribution in [0, 0.1) is 11.8 Å². The summed E-state index contributed by atoms with van der Waals surface area (Å²) in [6.45, 7) is 7.37. The third kappa shape index (κ3) is 4.63. The molecule has 0 aromatic rings. The van der Waals surface area contributed by atoms with Crippen LogP contribution < -0.4 is 0 Å². The summed E-state index contributed by atoms with van der Waals surface area (Å²) in [5.41, 5.74) is 0. The monoisotopic (exact) mass is 342 g/mol. The molecular weight excluding hydrogens is 319 g/mol. The predicted octanol–water partition coefficient (Wildman–Crippen LogP) is 3.60. The van der Waals surface area contributed by atoms with Crippen molar-refractivity contribution >= 4 is 29.4 Å². The quantitative estimate of drug-likeness (QED) is 0.574. The maximum atomic E-state index is 12.4. The number of hydrogen-bond donors (Lipinski definition) is 0. The molecule has 0 bridgehead atoms. The fourth-order valence-corrected chi connectivity index (χ4v) is 5.33. The van der Waals surface area contributed by atoms with Crippen molar-refractivity contribution in [3.8, 4) is 0 Å². The van der Waals surface area contributed by atoms with E-state index in [0.717, 1.165) is 11.5 Å². The zero-order chi connectivity index (χ0) is 14.6. The van der Waals surface area contributed by atoms with Crippen LogP contribution in [0.1, 0.15) is 20.8 Å². The van der Waals surface area contributed by atoms with E-state index in [0.29, 0.717) is 25.0 Å². The summed E-state index contributed by atoms with van der Waals surface area (Å²) in [5, 5.41) is 0. The van der Waals surface area contributed by atoms with Gasteiger partial charge in [0.15, 0.2) is 0 Å². The Morgan fingerprint density at radius 1 is 1.10 bits per heavy atom. The largest absolute Gasteiger partial charge is 0.474 e. The van der Waals surface area contributed by atoms with Crippen molar-refractivity contribution < 1.29 is 22.9 Å². The summed E-state index contributed by atoms with van der Waals surface area (Å²) in [7, 11) is -0.0419. The van der Waals surface area contributed by atoms with Crippen LogP contribution in [-0.2, 0) is 22.9 Å². The van der Waals surface area contributed by atoms with Crippen molar-refractivity contribution in [2.24, 2.45) is 11.8 Å². The van der Waals surface area contributed by atoms with Crippen molar-refractivity contribution in [1.29, 1.82) is 0 Å². The molecule has 0 aromatic carbocycles. The van der Waals surface area contributed by atoms with Gasteiger partial charge in [0, 0.05) is 11.5 Å². The van der Waals surface area contributed by atoms with E-state index in [9.17, 15) is 4.57 Å². The lowest BCUT2D eigenvalue weighted by atomic mass is 9.91. The minimum absolute atomic E-state index is 0.0468. The topological polar surface area (TPSA) is 54.0 Å². The lowest BCUT2D eigenvalue weighted by molar-refractivity contribution is 0.000207. The van der Waals surface area contributed by atoms with Gasteiger partial charge in [0.2, 0.25) is 0 Å². The van der Waals surface area contributed by atoms with E-state index < -0.39 is 7.82 Å². The Morgan fingerprint density at radius 2 is 1.70 bits per heavy atom. The lowest BCUT2D eigenvalue weighted by Crippen LogP contribution is -2.22. The zero-order valence-corrected chi connectivity index (χ0v) is 14.7. The van der Waals surface area contributed by atoms with Crippen LogP contribution in [0.5, 0.6) is 0 Å². The van der Waals surface area contributed by atoms with Gasteiger partial charge in [-0.25, -0.2) is 4.57 Å². The molecule has 20 heavy (non-hydrogen) atoms. The van der Waals surface area contributed by atoms with Gasteiger partial charge in [0.05, 0.1) is 32.0 Å². The summed E-state index contributed by atoms with van der Waals surface area (Å²) in [4.78, 5) is 0. The number of phosphoric acid groups is 1. The lowest BCUT2D eigenvalue weighted by Gasteiger charge is -2.21. The number of rotatable bonds is 3. The summed E-state index contributed by atoms with van der Waals surface area (Å²) in [6.07, 6.45) is 0.157. The van der Waals surface area contributed by atoms with Crippen molar-refractivity contribution in [3.63, 3.8) is 0 Å². The van der Waals surface area contributed by atoms with Gasteiger partial charge in [-0.15, -0.1) is 0 Å². The molecule has 8 heteroatoms. The SMILES string of the molecule is CC1[C@H](C)O[C@H](COP2(=O)OCCSSCCO2)[C@@H]1C. The van der Waals surface area contributed by atoms with Gasteiger partial charge in [0.1, 0.15) is 0 Å². The molecule has 2 fully saturated rings. The second kappa shape index (κ2) is 7.86. The van der Waals surface area contributed by atoms with Gasteiger partial charge in [0.25, 0.3) is 0 Å². The highest BCUT2D eigenvalue weighted by molar-refractivity contribution is 8.76. The molecule has 0 aliphatic carbocycles. The predicted molar refractivity (Wildman–Crippen MR) is 83.0 cm³/mol. The Balaban J connectivity index is 1.86. The van der Waals surface area contributed by atoms with Crippen LogP contribution in [0.15, 0.2) is 0 Å².